The van der Waals surface area contributed by atoms with Crippen molar-refractivity contribution in [3.05, 3.63) is 38.2 Å². The first kappa shape index (κ1) is 17.9. The zero-order valence-electron chi connectivity index (χ0n) is 15.5. The summed E-state index contributed by atoms with van der Waals surface area (Å²) in [5.41, 5.74) is 6.26. The van der Waals surface area contributed by atoms with E-state index in [1.807, 2.05) is 6.92 Å². The highest BCUT2D eigenvalue weighted by Gasteiger charge is 2.33. The minimum atomic E-state index is -0.552. The Bertz CT molecular complexity index is 1000. The van der Waals surface area contributed by atoms with Gasteiger partial charge in [0.15, 0.2) is 5.65 Å². The molecule has 0 bridgehead atoms. The Kier molecular flexibility index (Phi) is 4.59. The second kappa shape index (κ2) is 6.92. The summed E-state index contributed by atoms with van der Waals surface area (Å²) in [6.07, 6.45) is 4.53. The number of hydrogen-bond donors (Lipinski definition) is 2. The molecule has 1 unspecified atom stereocenters. The predicted molar refractivity (Wildman–Crippen MR) is 102 cm³/mol. The van der Waals surface area contributed by atoms with Gasteiger partial charge in [0.1, 0.15) is 0 Å². The summed E-state index contributed by atoms with van der Waals surface area (Å²) < 4.78 is 1.48. The van der Waals surface area contributed by atoms with Crippen LogP contribution in [0.3, 0.4) is 0 Å². The van der Waals surface area contributed by atoms with Gasteiger partial charge in [-0.15, -0.1) is 0 Å². The molecule has 1 atom stereocenters. The van der Waals surface area contributed by atoms with E-state index in [9.17, 15) is 14.4 Å². The molecule has 3 heterocycles. The summed E-state index contributed by atoms with van der Waals surface area (Å²) in [6.45, 7) is 3.43. The Morgan fingerprint density at radius 3 is 2.78 bits per heavy atom. The van der Waals surface area contributed by atoms with Gasteiger partial charge in [-0.1, -0.05) is 6.92 Å². The van der Waals surface area contributed by atoms with Gasteiger partial charge in [-0.05, 0) is 38.2 Å². The van der Waals surface area contributed by atoms with Crippen LogP contribution in [0.1, 0.15) is 61.0 Å². The SMILES string of the molecule is CCCn1c(=O)[nH]c(=O)c2c(C(=O)N3CCCC3CN)cc(C3CC3)nc21. The monoisotopic (exact) mass is 371 g/mol. The van der Waals surface area contributed by atoms with E-state index < -0.39 is 11.2 Å². The molecular formula is C19H25N5O3. The molecule has 0 aromatic carbocycles. The number of nitrogens with one attached hydrogen (secondary N) is 1. The normalized spacial score (nSPS) is 19.8. The third-order valence-electron chi connectivity index (χ3n) is 5.55. The summed E-state index contributed by atoms with van der Waals surface area (Å²) in [4.78, 5) is 47.1. The number of aromatic nitrogens is 3. The third-order valence-corrected chi connectivity index (χ3v) is 5.55. The molecule has 27 heavy (non-hydrogen) atoms. The molecule has 2 aromatic rings. The van der Waals surface area contributed by atoms with Gasteiger partial charge in [0.05, 0.1) is 10.9 Å². The Morgan fingerprint density at radius 2 is 2.11 bits per heavy atom. The first-order valence-corrected chi connectivity index (χ1v) is 9.74. The number of hydrogen-bond acceptors (Lipinski definition) is 5. The lowest BCUT2D eigenvalue weighted by Gasteiger charge is -2.24. The third kappa shape index (κ3) is 3.07. The molecule has 4 rings (SSSR count). The molecular weight excluding hydrogens is 346 g/mol. The number of likely N-dealkylation sites (tertiary alicyclic amines) is 1. The number of nitrogens with two attached hydrogens (primary N) is 1. The van der Waals surface area contributed by atoms with Crippen molar-refractivity contribution in [3.63, 3.8) is 0 Å². The maximum Gasteiger partial charge on any atom is 0.329 e. The number of fused-ring (bicyclic) bond motifs is 1. The highest BCUT2D eigenvalue weighted by molar-refractivity contribution is 6.05. The van der Waals surface area contributed by atoms with Gasteiger partial charge in [-0.3, -0.25) is 19.1 Å². The van der Waals surface area contributed by atoms with Gasteiger partial charge < -0.3 is 10.6 Å². The summed E-state index contributed by atoms with van der Waals surface area (Å²) in [5.74, 6) is 0.110. The first-order chi connectivity index (χ1) is 13.0. The van der Waals surface area contributed by atoms with Crippen LogP contribution >= 0.6 is 0 Å². The first-order valence-electron chi connectivity index (χ1n) is 9.74. The lowest BCUT2D eigenvalue weighted by molar-refractivity contribution is 0.0743. The minimum absolute atomic E-state index is 0.00859. The van der Waals surface area contributed by atoms with Crippen molar-refractivity contribution in [1.82, 2.24) is 19.4 Å². The van der Waals surface area contributed by atoms with Gasteiger partial charge in [-0.2, -0.15) is 0 Å². The van der Waals surface area contributed by atoms with Gasteiger partial charge in [0.25, 0.3) is 11.5 Å². The molecule has 1 amide bonds. The largest absolute Gasteiger partial charge is 0.334 e. The molecule has 1 saturated heterocycles. The average molecular weight is 371 g/mol. The van der Waals surface area contributed by atoms with Crippen LogP contribution in [0.25, 0.3) is 11.0 Å². The van der Waals surface area contributed by atoms with E-state index >= 15 is 0 Å². The fourth-order valence-corrected chi connectivity index (χ4v) is 3.98. The van der Waals surface area contributed by atoms with E-state index in [1.54, 1.807) is 11.0 Å². The number of aryl methyl sites for hydroxylation is 1. The zero-order chi connectivity index (χ0) is 19.1. The van der Waals surface area contributed by atoms with E-state index in [0.29, 0.717) is 36.8 Å². The van der Waals surface area contributed by atoms with E-state index in [4.69, 9.17) is 5.73 Å². The maximum atomic E-state index is 13.3. The highest BCUT2D eigenvalue weighted by atomic mass is 16.2. The lowest BCUT2D eigenvalue weighted by Crippen LogP contribution is -2.41. The topological polar surface area (TPSA) is 114 Å². The molecule has 1 aliphatic carbocycles. The van der Waals surface area contributed by atoms with Crippen molar-refractivity contribution in [1.29, 1.82) is 0 Å². The molecule has 1 aliphatic heterocycles. The van der Waals surface area contributed by atoms with Crippen LogP contribution in [0.2, 0.25) is 0 Å². The van der Waals surface area contributed by atoms with Crippen molar-refractivity contribution in [3.8, 4) is 0 Å². The van der Waals surface area contributed by atoms with Gasteiger partial charge in [0, 0.05) is 37.3 Å². The van der Waals surface area contributed by atoms with Crippen LogP contribution in [0.15, 0.2) is 15.7 Å². The number of nitrogens with zero attached hydrogens (tertiary/aromatic N) is 3. The van der Waals surface area contributed by atoms with Crippen LogP contribution in [0.4, 0.5) is 0 Å². The van der Waals surface area contributed by atoms with Crippen molar-refractivity contribution < 1.29 is 4.79 Å². The number of carbonyl (C=O) groups is 1. The molecule has 2 fully saturated rings. The molecule has 1 saturated carbocycles. The van der Waals surface area contributed by atoms with Gasteiger partial charge >= 0.3 is 5.69 Å². The Balaban J connectivity index is 1.96. The smallest absolute Gasteiger partial charge is 0.329 e. The van der Waals surface area contributed by atoms with Crippen molar-refractivity contribution in [2.24, 2.45) is 5.73 Å². The number of pyridine rings is 1. The summed E-state index contributed by atoms with van der Waals surface area (Å²) in [7, 11) is 0. The number of carbonyl (C=O) groups excluding carboxylic acids is 1. The fourth-order valence-electron chi connectivity index (χ4n) is 3.98. The van der Waals surface area contributed by atoms with Crippen LogP contribution in [0, 0.1) is 0 Å². The Morgan fingerprint density at radius 1 is 1.33 bits per heavy atom. The molecule has 8 nitrogen and oxygen atoms in total. The van der Waals surface area contributed by atoms with Gasteiger partial charge in [-0.25, -0.2) is 9.78 Å². The van der Waals surface area contributed by atoms with Gasteiger partial charge in [0.2, 0.25) is 0 Å². The second-order valence-corrected chi connectivity index (χ2v) is 7.51. The predicted octanol–water partition coefficient (Wildman–Crippen LogP) is 0.936. The van der Waals surface area contributed by atoms with E-state index in [-0.39, 0.29) is 17.3 Å². The summed E-state index contributed by atoms with van der Waals surface area (Å²) in [5, 5.41) is 0.208. The van der Waals surface area contributed by atoms with E-state index in [2.05, 4.69) is 9.97 Å². The summed E-state index contributed by atoms with van der Waals surface area (Å²) >= 11 is 0. The Labute approximate surface area is 156 Å². The quantitative estimate of drug-likeness (QED) is 0.812. The van der Waals surface area contributed by atoms with Crippen molar-refractivity contribution in [2.45, 2.75) is 57.5 Å². The maximum absolute atomic E-state index is 13.3. The minimum Gasteiger partial charge on any atom is -0.334 e. The summed E-state index contributed by atoms with van der Waals surface area (Å²) in [6, 6.07) is 1.75. The Hall–Kier alpha value is -2.48. The average Bonchev–Trinajstić information content (AvgIpc) is 3.40. The number of H-pyrrole nitrogens is 1. The van der Waals surface area contributed by atoms with E-state index in [0.717, 1.165) is 37.8 Å². The van der Waals surface area contributed by atoms with Crippen LogP contribution in [-0.4, -0.2) is 44.5 Å². The standard InChI is InChI=1S/C19H25N5O3/c1-2-7-24-16-15(17(25)22-19(24)27)13(9-14(21-16)11-5-6-11)18(26)23-8-3-4-12(23)10-20/h9,11-12H,2-8,10,20H2,1H3,(H,22,25,27). The number of amides is 1. The lowest BCUT2D eigenvalue weighted by atomic mass is 10.1. The zero-order valence-corrected chi connectivity index (χ0v) is 15.5. The van der Waals surface area contributed by atoms with E-state index in [1.165, 1.54) is 4.57 Å². The molecule has 0 radical (unpaired) electrons. The molecule has 0 spiro atoms. The van der Waals surface area contributed by atoms with Crippen molar-refractivity contribution >= 4 is 16.9 Å². The van der Waals surface area contributed by atoms with Crippen molar-refractivity contribution in [2.75, 3.05) is 13.1 Å². The van der Waals surface area contributed by atoms with Crippen LogP contribution < -0.4 is 17.0 Å². The molecule has 2 aromatic heterocycles. The number of aromatic amines is 1. The number of rotatable bonds is 5. The van der Waals surface area contributed by atoms with Crippen LogP contribution in [0.5, 0.6) is 0 Å². The van der Waals surface area contributed by atoms with Crippen LogP contribution in [-0.2, 0) is 6.54 Å². The molecule has 2 aliphatic rings. The second-order valence-electron chi connectivity index (χ2n) is 7.51. The molecule has 3 N–H and O–H groups in total. The molecule has 8 heteroatoms. The highest BCUT2D eigenvalue weighted by Crippen LogP contribution is 2.40. The molecule has 144 valence electrons. The fraction of sp³-hybridized carbons (Fsp3) is 0.579.